The molecule has 47 heavy (non-hydrogen) atoms. The molecule has 0 bridgehead atoms. The second-order valence-corrected chi connectivity index (χ2v) is 12.6. The molecule has 0 fully saturated rings. The quantitative estimate of drug-likeness (QED) is 0.234. The number of aliphatic hydroxyl groups is 1. The second-order valence-electron chi connectivity index (χ2n) is 12.6. The van der Waals surface area contributed by atoms with Gasteiger partial charge in [0.2, 0.25) is 0 Å². The summed E-state index contributed by atoms with van der Waals surface area (Å²) in [5.41, 5.74) is 1.26. The van der Waals surface area contributed by atoms with Crippen molar-refractivity contribution in [3.05, 3.63) is 79.0 Å². The Morgan fingerprint density at radius 2 is 1.40 bits per heavy atom. The predicted molar refractivity (Wildman–Crippen MR) is 192 cm³/mol. The van der Waals surface area contributed by atoms with Gasteiger partial charge in [0.05, 0.1) is 12.4 Å². The molecule has 0 aliphatic heterocycles. The molecule has 6 rings (SSSR count). The molecule has 8 heteroatoms. The van der Waals surface area contributed by atoms with E-state index in [-0.39, 0.29) is 49.5 Å². The van der Waals surface area contributed by atoms with Crippen LogP contribution in [0.3, 0.4) is 0 Å². The van der Waals surface area contributed by atoms with Gasteiger partial charge in [-0.1, -0.05) is 54.7 Å². The van der Waals surface area contributed by atoms with Crippen LogP contribution in [-0.2, 0) is 20.8 Å². The summed E-state index contributed by atoms with van der Waals surface area (Å²) in [7, 11) is 0. The summed E-state index contributed by atoms with van der Waals surface area (Å²) < 4.78 is 0. The van der Waals surface area contributed by atoms with Crippen molar-refractivity contribution in [2.24, 2.45) is 17.8 Å². The maximum absolute atomic E-state index is 10.7. The largest absolute Gasteiger partial charge is 1.00 e. The third kappa shape index (κ3) is 24.8. The van der Waals surface area contributed by atoms with Crippen LogP contribution in [0, 0.1) is 17.8 Å². The first kappa shape index (κ1) is 45.0. The van der Waals surface area contributed by atoms with Crippen LogP contribution in [0.4, 0.5) is 0 Å². The summed E-state index contributed by atoms with van der Waals surface area (Å²) in [6.07, 6.45) is 45.4. The third-order valence-corrected chi connectivity index (χ3v) is 8.37. The fourth-order valence-electron chi connectivity index (χ4n) is 5.84. The first-order valence-electron chi connectivity index (χ1n) is 17.4. The van der Waals surface area contributed by atoms with Gasteiger partial charge in [0.25, 0.3) is 0 Å². The number of imidazole rings is 1. The molecule has 1 heterocycles. The Balaban J connectivity index is 0. The average Bonchev–Trinajstić information content (AvgIpc) is 3.58. The van der Waals surface area contributed by atoms with Gasteiger partial charge in [0.15, 0.2) is 5.78 Å². The molecule has 5 aliphatic rings. The Kier molecular flexibility index (Phi) is 28.8. The summed E-state index contributed by atoms with van der Waals surface area (Å²) in [5.74, 6) is 2.43. The molecule has 0 aromatic carbocycles. The summed E-state index contributed by atoms with van der Waals surface area (Å²) in [4.78, 5) is 38.2. The van der Waals surface area contributed by atoms with Crippen LogP contribution in [0.25, 0.3) is 0 Å². The predicted octanol–water partition coefficient (Wildman–Crippen LogP) is 5.68. The topological polar surface area (TPSA) is 100 Å². The number of Topliss-reactive ketones (excluding diaryl/α,β-unsaturated/α-hetero) is 1. The zero-order valence-corrected chi connectivity index (χ0v) is 30.4. The molecule has 4 unspecified atom stereocenters. The molecule has 6 nitrogen and oxygen atoms in total. The minimum atomic E-state index is -0.145. The smallest absolute Gasteiger partial charge is 1.00 e. The zero-order valence-electron chi connectivity index (χ0n) is 30.2. The van der Waals surface area contributed by atoms with Crippen molar-refractivity contribution in [2.75, 3.05) is 0 Å². The number of nitrogens with one attached hydrogen (secondary N) is 1. The van der Waals surface area contributed by atoms with E-state index in [0.29, 0.717) is 17.6 Å². The van der Waals surface area contributed by atoms with Crippen LogP contribution < -0.4 is 18.9 Å². The van der Waals surface area contributed by atoms with Gasteiger partial charge in [-0.05, 0) is 127 Å². The molecule has 4 atom stereocenters. The summed E-state index contributed by atoms with van der Waals surface area (Å²) in [5, 5.41) is 8.82. The summed E-state index contributed by atoms with van der Waals surface area (Å²) in [6, 6.07) is 0. The maximum atomic E-state index is 10.7. The Bertz CT molecular complexity index is 1100. The standard InChI is InChI=1S/C10H14N2.C9H14O.C8H12O.C6H10O.C6H8O.Al.Li.H/c1-2-4-9(5-3-1)6-10-7-11-8-12-10;1-8(10)7-9-5-3-2-4-6-9;9-7-6-8-4-2-1-3-5-8;2*7-6-4-2-1-3-5-6;;;/h2,4,7-9H,1,3,5-6H2,(H,11,12);3,5,9H,2,4,6-7H2,1H3;2,4,7-8H,1,3,5-6H2;2,4,6-7H,1,3,5H2;2,4H,1,3,5H2;;;/q;;;;;;+1;-1. The molecule has 0 amide bonds. The van der Waals surface area contributed by atoms with Gasteiger partial charge < -0.3 is 21.1 Å². The van der Waals surface area contributed by atoms with Crippen molar-refractivity contribution in [3.8, 4) is 0 Å². The molecule has 253 valence electrons. The van der Waals surface area contributed by atoms with Crippen molar-refractivity contribution in [1.82, 2.24) is 9.97 Å². The number of aliphatic hydroxyl groups excluding tert-OH is 1. The van der Waals surface area contributed by atoms with Gasteiger partial charge in [-0.3, -0.25) is 4.79 Å². The van der Waals surface area contributed by atoms with E-state index in [9.17, 15) is 14.4 Å². The van der Waals surface area contributed by atoms with Gasteiger partial charge in [-0.15, -0.1) is 0 Å². The Hall–Kier alpha value is -1.99. The van der Waals surface area contributed by atoms with E-state index >= 15 is 0 Å². The number of H-pyrrole nitrogens is 1. The number of hydrogen-bond acceptors (Lipinski definition) is 5. The van der Waals surface area contributed by atoms with Crippen molar-refractivity contribution in [1.29, 1.82) is 0 Å². The number of allylic oxidation sites excluding steroid dienone is 9. The number of rotatable bonds is 6. The van der Waals surface area contributed by atoms with E-state index in [1.165, 1.54) is 63.5 Å². The number of carbonyl (C=O) groups excluding carboxylic acids is 3. The Morgan fingerprint density at radius 3 is 1.77 bits per heavy atom. The minimum Gasteiger partial charge on any atom is -1.00 e. The molecule has 1 aromatic heterocycles. The normalized spacial score (nSPS) is 23.7. The number of hydrogen-bond donors (Lipinski definition) is 2. The van der Waals surface area contributed by atoms with Crippen molar-refractivity contribution >= 4 is 35.2 Å². The molecule has 2 N–H and O–H groups in total. The van der Waals surface area contributed by atoms with Gasteiger partial charge >= 0.3 is 18.9 Å². The number of ketones is 2. The molecule has 3 radical (unpaired) electrons. The first-order valence-corrected chi connectivity index (χ1v) is 17.4. The average molecular weight is 654 g/mol. The van der Waals surface area contributed by atoms with Gasteiger partial charge in [0, 0.05) is 48.5 Å². The molecule has 5 aliphatic carbocycles. The molecule has 0 spiro atoms. The molecule has 0 saturated carbocycles. The maximum Gasteiger partial charge on any atom is 1.00 e. The van der Waals surface area contributed by atoms with Gasteiger partial charge in [-0.25, -0.2) is 4.98 Å². The van der Waals surface area contributed by atoms with Crippen LogP contribution in [0.15, 0.2) is 73.3 Å². The summed E-state index contributed by atoms with van der Waals surface area (Å²) in [6.45, 7) is 1.67. The fraction of sp³-hybridized carbons (Fsp3) is 0.590. The number of nitrogens with zero attached hydrogens (tertiary/aromatic N) is 1. The second kappa shape index (κ2) is 30.1. The third-order valence-electron chi connectivity index (χ3n) is 8.37. The number of aromatic nitrogens is 2. The van der Waals surface area contributed by atoms with Gasteiger partial charge in [-0.2, -0.15) is 0 Å². The SMILES string of the molecule is C1=CC(Cc2cnc[nH]2)CCC1.CC(=O)CC1C=CCCC1.O=C1C=CCCC1.O=CCC1C=CCCC1.OC1C=CCCC1.[Al].[H-].[Li+]. The van der Waals surface area contributed by atoms with Crippen LogP contribution in [0.5, 0.6) is 0 Å². The van der Waals surface area contributed by atoms with Crippen LogP contribution in [0.2, 0.25) is 0 Å². The molecule has 1 aromatic rings. The molecular formula is C39H59AlLiN2O4. The first-order chi connectivity index (χ1) is 22.0. The monoisotopic (exact) mass is 653 g/mol. The zero-order chi connectivity index (χ0) is 32.4. The molecule has 0 saturated heterocycles. The van der Waals surface area contributed by atoms with E-state index in [1.54, 1.807) is 19.3 Å². The van der Waals surface area contributed by atoms with Gasteiger partial charge in [0.1, 0.15) is 12.1 Å². The van der Waals surface area contributed by atoms with E-state index in [4.69, 9.17) is 5.11 Å². The van der Waals surface area contributed by atoms with Crippen LogP contribution >= 0.6 is 0 Å². The number of aromatic amines is 1. The fourth-order valence-corrected chi connectivity index (χ4v) is 5.84. The van der Waals surface area contributed by atoms with E-state index in [0.717, 1.165) is 70.0 Å². The van der Waals surface area contributed by atoms with Crippen molar-refractivity contribution in [3.63, 3.8) is 0 Å². The van der Waals surface area contributed by atoms with Crippen molar-refractivity contribution < 1.29 is 39.8 Å². The number of carbonyl (C=O) groups is 3. The van der Waals surface area contributed by atoms with Crippen molar-refractivity contribution in [2.45, 2.75) is 129 Å². The van der Waals surface area contributed by atoms with E-state index in [1.807, 2.05) is 24.4 Å². The number of aldehydes is 1. The Labute approximate surface area is 308 Å². The van der Waals surface area contributed by atoms with E-state index in [2.05, 4.69) is 46.4 Å². The van der Waals surface area contributed by atoms with Crippen LogP contribution in [0.1, 0.15) is 123 Å². The summed E-state index contributed by atoms with van der Waals surface area (Å²) >= 11 is 0. The minimum absolute atomic E-state index is 0. The van der Waals surface area contributed by atoms with E-state index < -0.39 is 0 Å². The van der Waals surface area contributed by atoms with Crippen LogP contribution in [-0.4, -0.2) is 56.4 Å². The molecular weight excluding hydrogens is 594 g/mol. The Morgan fingerprint density at radius 1 is 0.851 bits per heavy atom.